The lowest BCUT2D eigenvalue weighted by molar-refractivity contribution is 0.0402. The summed E-state index contributed by atoms with van der Waals surface area (Å²) in [7, 11) is 1.87. The maximum Gasteiger partial charge on any atom is 0.357 e. The first kappa shape index (κ1) is 19.4. The van der Waals surface area contributed by atoms with Crippen molar-refractivity contribution >= 4 is 23.2 Å². The third kappa shape index (κ3) is 4.27. The number of rotatable bonds is 6. The molecule has 1 saturated heterocycles. The molecule has 1 aliphatic heterocycles. The minimum atomic E-state index is -0.449. The van der Waals surface area contributed by atoms with Gasteiger partial charge in [0.1, 0.15) is 5.69 Å². The molecule has 1 atom stereocenters. The van der Waals surface area contributed by atoms with Crippen molar-refractivity contribution in [3.63, 3.8) is 0 Å². The van der Waals surface area contributed by atoms with Gasteiger partial charge in [0.2, 0.25) is 0 Å². The molecule has 1 amide bonds. The van der Waals surface area contributed by atoms with E-state index in [9.17, 15) is 9.59 Å². The lowest BCUT2D eigenvalue weighted by atomic mass is 9.99. The fourth-order valence-corrected chi connectivity index (χ4v) is 4.40. The fraction of sp³-hybridized carbons (Fsp3) is 0.381. The normalized spacial score (nSPS) is 16.7. The average Bonchev–Trinajstić information content (AvgIpc) is 3.48. The van der Waals surface area contributed by atoms with Crippen LogP contribution in [0.4, 0.5) is 0 Å². The van der Waals surface area contributed by atoms with Crippen molar-refractivity contribution in [2.75, 3.05) is 13.2 Å². The molecule has 4 heterocycles. The third-order valence-electron chi connectivity index (χ3n) is 5.18. The van der Waals surface area contributed by atoms with E-state index in [0.29, 0.717) is 22.9 Å². The molecule has 152 valence electrons. The number of furan rings is 1. The van der Waals surface area contributed by atoms with Crippen LogP contribution in [-0.2, 0) is 11.8 Å². The molecule has 0 N–H and O–H groups in total. The van der Waals surface area contributed by atoms with Crippen LogP contribution in [0.25, 0.3) is 10.8 Å². The Balaban J connectivity index is 1.33. The van der Waals surface area contributed by atoms with E-state index in [2.05, 4.69) is 4.98 Å². The monoisotopic (exact) mass is 413 g/mol. The molecule has 0 bridgehead atoms. The topological polar surface area (TPSA) is 77.6 Å². The van der Waals surface area contributed by atoms with Crippen LogP contribution in [0.1, 0.15) is 46.7 Å². The van der Waals surface area contributed by atoms with E-state index >= 15 is 0 Å². The second kappa shape index (κ2) is 8.65. The van der Waals surface area contributed by atoms with Gasteiger partial charge in [-0.15, -0.1) is 11.3 Å². The van der Waals surface area contributed by atoms with Crippen LogP contribution in [0.5, 0.6) is 0 Å². The van der Waals surface area contributed by atoms with Gasteiger partial charge in [-0.3, -0.25) is 4.79 Å². The van der Waals surface area contributed by atoms with Crippen molar-refractivity contribution in [2.24, 2.45) is 7.05 Å². The molecular formula is C21H23N3O4S. The number of piperidine rings is 1. The average molecular weight is 413 g/mol. The highest BCUT2D eigenvalue weighted by Crippen LogP contribution is 2.25. The maximum atomic E-state index is 12.9. The summed E-state index contributed by atoms with van der Waals surface area (Å²) in [5.74, 6) is 0.220. The van der Waals surface area contributed by atoms with E-state index in [4.69, 9.17) is 9.15 Å². The number of amides is 1. The van der Waals surface area contributed by atoms with Gasteiger partial charge in [0.05, 0.1) is 12.9 Å². The molecule has 1 unspecified atom stereocenters. The Morgan fingerprint density at radius 3 is 2.97 bits per heavy atom. The molecule has 0 aliphatic carbocycles. The van der Waals surface area contributed by atoms with Crippen LogP contribution in [0.3, 0.4) is 0 Å². The number of esters is 1. The van der Waals surface area contributed by atoms with Crippen LogP contribution >= 0.6 is 11.3 Å². The van der Waals surface area contributed by atoms with Gasteiger partial charge in [-0.25, -0.2) is 9.78 Å². The second-order valence-electron chi connectivity index (χ2n) is 7.09. The summed E-state index contributed by atoms with van der Waals surface area (Å²) >= 11 is 1.34. The third-order valence-corrected chi connectivity index (χ3v) is 6.04. The lowest BCUT2D eigenvalue weighted by Crippen LogP contribution is -2.44. The Kier molecular flexibility index (Phi) is 5.80. The SMILES string of the molecule is Cn1cccc1C(=O)N1CCCCC1CCOC(=O)c1csc(-c2ccco2)n1. The summed E-state index contributed by atoms with van der Waals surface area (Å²) < 4.78 is 12.6. The van der Waals surface area contributed by atoms with Crippen LogP contribution in [0.15, 0.2) is 46.5 Å². The first-order chi connectivity index (χ1) is 14.1. The summed E-state index contributed by atoms with van der Waals surface area (Å²) in [4.78, 5) is 31.4. The zero-order valence-electron chi connectivity index (χ0n) is 16.2. The van der Waals surface area contributed by atoms with Gasteiger partial charge in [0, 0.05) is 37.6 Å². The Morgan fingerprint density at radius 2 is 2.21 bits per heavy atom. The highest BCUT2D eigenvalue weighted by Gasteiger charge is 2.28. The van der Waals surface area contributed by atoms with E-state index < -0.39 is 5.97 Å². The first-order valence-corrected chi connectivity index (χ1v) is 10.6. The van der Waals surface area contributed by atoms with E-state index in [1.165, 1.54) is 11.3 Å². The summed E-state index contributed by atoms with van der Waals surface area (Å²) in [5, 5.41) is 2.32. The van der Waals surface area contributed by atoms with Gasteiger partial charge in [0.25, 0.3) is 5.91 Å². The molecule has 4 rings (SSSR count). The molecule has 1 fully saturated rings. The van der Waals surface area contributed by atoms with Crippen LogP contribution in [0, 0.1) is 0 Å². The van der Waals surface area contributed by atoms with Gasteiger partial charge >= 0.3 is 5.97 Å². The zero-order valence-corrected chi connectivity index (χ0v) is 17.1. The number of ether oxygens (including phenoxy) is 1. The summed E-state index contributed by atoms with van der Waals surface area (Å²) in [6.45, 7) is 0.995. The minimum absolute atomic E-state index is 0.0381. The maximum absolute atomic E-state index is 12.9. The standard InChI is InChI=1S/C21H23N3O4S/c1-23-10-4-7-17(23)20(25)24-11-3-2-6-15(24)9-13-28-21(26)16-14-29-19(22-16)18-8-5-12-27-18/h4-5,7-8,10,12,14-15H,2-3,6,9,11,13H2,1H3. The Labute approximate surface area is 172 Å². The summed E-state index contributed by atoms with van der Waals surface area (Å²) in [6.07, 6.45) is 7.07. The molecule has 0 aromatic carbocycles. The van der Waals surface area contributed by atoms with Gasteiger partial charge in [-0.2, -0.15) is 0 Å². The highest BCUT2D eigenvalue weighted by molar-refractivity contribution is 7.13. The highest BCUT2D eigenvalue weighted by atomic mass is 32.1. The van der Waals surface area contributed by atoms with Gasteiger partial charge in [0.15, 0.2) is 16.5 Å². The minimum Gasteiger partial charge on any atom is -0.462 e. The first-order valence-electron chi connectivity index (χ1n) is 9.72. The molecule has 1 aliphatic rings. The predicted octanol–water partition coefficient (Wildman–Crippen LogP) is 3.98. The number of carbonyl (C=O) groups is 2. The number of thiazole rings is 1. The van der Waals surface area contributed by atoms with Gasteiger partial charge in [-0.05, 0) is 43.5 Å². The Morgan fingerprint density at radius 1 is 1.31 bits per heavy atom. The smallest absolute Gasteiger partial charge is 0.357 e. The molecule has 3 aromatic heterocycles. The number of aromatic nitrogens is 2. The van der Waals surface area contributed by atoms with Crippen molar-refractivity contribution in [3.05, 3.63) is 53.5 Å². The number of hydrogen-bond acceptors (Lipinski definition) is 6. The molecule has 3 aromatic rings. The molecule has 0 radical (unpaired) electrons. The van der Waals surface area contributed by atoms with Crippen molar-refractivity contribution in [1.82, 2.24) is 14.5 Å². The number of nitrogens with zero attached hydrogens (tertiary/aromatic N) is 3. The van der Waals surface area contributed by atoms with Crippen LogP contribution in [-0.4, -0.2) is 45.5 Å². The number of aryl methyl sites for hydroxylation is 1. The van der Waals surface area contributed by atoms with Crippen LogP contribution in [0.2, 0.25) is 0 Å². The molecule has 0 saturated carbocycles. The Bertz CT molecular complexity index is 976. The number of carbonyl (C=O) groups excluding carboxylic acids is 2. The summed E-state index contributed by atoms with van der Waals surface area (Å²) in [6, 6.07) is 7.37. The van der Waals surface area contributed by atoms with Crippen molar-refractivity contribution in [1.29, 1.82) is 0 Å². The molecule has 0 spiro atoms. The predicted molar refractivity (Wildman–Crippen MR) is 109 cm³/mol. The lowest BCUT2D eigenvalue weighted by Gasteiger charge is -2.35. The second-order valence-corrected chi connectivity index (χ2v) is 7.95. The van der Waals surface area contributed by atoms with E-state index in [1.807, 2.05) is 34.8 Å². The quantitative estimate of drug-likeness (QED) is 0.571. The summed E-state index contributed by atoms with van der Waals surface area (Å²) in [5.41, 5.74) is 0.962. The molecule has 29 heavy (non-hydrogen) atoms. The van der Waals surface area contributed by atoms with Crippen molar-refractivity contribution in [2.45, 2.75) is 31.7 Å². The van der Waals surface area contributed by atoms with Gasteiger partial charge in [-0.1, -0.05) is 0 Å². The molecule has 7 nitrogen and oxygen atoms in total. The Hall–Kier alpha value is -2.87. The van der Waals surface area contributed by atoms with Crippen LogP contribution < -0.4 is 0 Å². The van der Waals surface area contributed by atoms with E-state index in [1.54, 1.807) is 23.8 Å². The van der Waals surface area contributed by atoms with E-state index in [0.717, 1.165) is 25.8 Å². The largest absolute Gasteiger partial charge is 0.462 e. The molecular weight excluding hydrogens is 390 g/mol. The van der Waals surface area contributed by atoms with E-state index in [-0.39, 0.29) is 24.2 Å². The van der Waals surface area contributed by atoms with Crippen molar-refractivity contribution in [3.8, 4) is 10.8 Å². The molecule has 8 heteroatoms. The number of hydrogen-bond donors (Lipinski definition) is 0. The number of likely N-dealkylation sites (tertiary alicyclic amines) is 1. The van der Waals surface area contributed by atoms with Gasteiger partial charge < -0.3 is 18.6 Å². The van der Waals surface area contributed by atoms with Crippen molar-refractivity contribution < 1.29 is 18.7 Å². The zero-order chi connectivity index (χ0) is 20.2. The fourth-order valence-electron chi connectivity index (χ4n) is 3.64.